The standard InChI is InChI=1S/C16H23ClN2O3/c17-14-7-2-1-6-13(14)15(20)11-19-16(21)18-9-8-12-5-3-4-10-22-12/h1-2,6-7,12,15,20H,3-5,8-11H2,(H2,18,19,21). The minimum absolute atomic E-state index is 0.121. The highest BCUT2D eigenvalue weighted by atomic mass is 35.5. The van der Waals surface area contributed by atoms with E-state index in [-0.39, 0.29) is 18.7 Å². The fourth-order valence-electron chi connectivity index (χ4n) is 2.49. The lowest BCUT2D eigenvalue weighted by molar-refractivity contribution is 0.0120. The lowest BCUT2D eigenvalue weighted by Gasteiger charge is -2.22. The molecule has 2 unspecified atom stereocenters. The number of benzene rings is 1. The van der Waals surface area contributed by atoms with Crippen molar-refractivity contribution in [3.05, 3.63) is 34.9 Å². The third-order valence-corrected chi connectivity index (χ3v) is 4.09. The molecule has 1 aromatic rings. The van der Waals surface area contributed by atoms with Crippen molar-refractivity contribution in [1.82, 2.24) is 10.6 Å². The van der Waals surface area contributed by atoms with Gasteiger partial charge in [0.15, 0.2) is 0 Å². The van der Waals surface area contributed by atoms with Crippen LogP contribution in [0.1, 0.15) is 37.4 Å². The third kappa shape index (κ3) is 5.48. The second kappa shape index (κ2) is 8.98. The summed E-state index contributed by atoms with van der Waals surface area (Å²) in [5.74, 6) is 0. The molecule has 5 nitrogen and oxygen atoms in total. The van der Waals surface area contributed by atoms with Crippen LogP contribution in [0.25, 0.3) is 0 Å². The van der Waals surface area contributed by atoms with Crippen LogP contribution in [0, 0.1) is 0 Å². The number of aliphatic hydroxyl groups is 1. The van der Waals surface area contributed by atoms with Crippen LogP contribution in [0.15, 0.2) is 24.3 Å². The molecule has 1 aromatic carbocycles. The molecule has 1 heterocycles. The van der Waals surface area contributed by atoms with Crippen molar-refractivity contribution >= 4 is 17.6 Å². The van der Waals surface area contributed by atoms with Crippen LogP contribution in [0.3, 0.4) is 0 Å². The van der Waals surface area contributed by atoms with Crippen molar-refractivity contribution in [2.75, 3.05) is 19.7 Å². The highest BCUT2D eigenvalue weighted by molar-refractivity contribution is 6.31. The van der Waals surface area contributed by atoms with Gasteiger partial charge in [-0.1, -0.05) is 29.8 Å². The first-order valence-electron chi connectivity index (χ1n) is 7.72. The van der Waals surface area contributed by atoms with E-state index in [1.54, 1.807) is 24.3 Å². The van der Waals surface area contributed by atoms with Crippen molar-refractivity contribution in [2.24, 2.45) is 0 Å². The van der Waals surface area contributed by atoms with E-state index in [4.69, 9.17) is 16.3 Å². The number of hydrogen-bond acceptors (Lipinski definition) is 3. The molecule has 1 saturated heterocycles. The van der Waals surface area contributed by atoms with Crippen LogP contribution >= 0.6 is 11.6 Å². The maximum Gasteiger partial charge on any atom is 0.314 e. The molecule has 122 valence electrons. The van der Waals surface area contributed by atoms with Crippen molar-refractivity contribution in [3.8, 4) is 0 Å². The van der Waals surface area contributed by atoms with Gasteiger partial charge in [0.05, 0.1) is 12.2 Å². The van der Waals surface area contributed by atoms with Crippen LogP contribution in [-0.2, 0) is 4.74 Å². The van der Waals surface area contributed by atoms with Crippen molar-refractivity contribution < 1.29 is 14.6 Å². The van der Waals surface area contributed by atoms with Gasteiger partial charge in [-0.25, -0.2) is 4.79 Å². The zero-order valence-corrected chi connectivity index (χ0v) is 13.3. The minimum Gasteiger partial charge on any atom is -0.387 e. The summed E-state index contributed by atoms with van der Waals surface area (Å²) in [6.07, 6.45) is 3.64. The number of aliphatic hydroxyl groups excluding tert-OH is 1. The van der Waals surface area contributed by atoms with Crippen LogP contribution < -0.4 is 10.6 Å². The van der Waals surface area contributed by atoms with Crippen molar-refractivity contribution in [3.63, 3.8) is 0 Å². The maximum absolute atomic E-state index is 11.7. The van der Waals surface area contributed by atoms with Gasteiger partial charge in [0.25, 0.3) is 0 Å². The summed E-state index contributed by atoms with van der Waals surface area (Å²) in [6.45, 7) is 1.51. The zero-order valence-electron chi connectivity index (χ0n) is 12.6. The van der Waals surface area contributed by atoms with E-state index < -0.39 is 6.10 Å². The van der Waals surface area contributed by atoms with Gasteiger partial charge in [-0.3, -0.25) is 0 Å². The molecule has 2 amide bonds. The van der Waals surface area contributed by atoms with Gasteiger partial charge in [0, 0.05) is 30.3 Å². The van der Waals surface area contributed by atoms with E-state index in [9.17, 15) is 9.90 Å². The Morgan fingerprint density at radius 2 is 2.18 bits per heavy atom. The van der Waals surface area contributed by atoms with Crippen LogP contribution in [0.5, 0.6) is 0 Å². The molecule has 1 aliphatic heterocycles. The minimum atomic E-state index is -0.818. The average molecular weight is 327 g/mol. The third-order valence-electron chi connectivity index (χ3n) is 3.75. The first-order chi connectivity index (χ1) is 10.7. The Balaban J connectivity index is 1.63. The summed E-state index contributed by atoms with van der Waals surface area (Å²) in [4.78, 5) is 11.7. The summed E-state index contributed by atoms with van der Waals surface area (Å²) < 4.78 is 5.60. The molecule has 0 bridgehead atoms. The normalized spacial score (nSPS) is 19.5. The lowest BCUT2D eigenvalue weighted by atomic mass is 10.1. The summed E-state index contributed by atoms with van der Waals surface area (Å²) >= 11 is 6.00. The van der Waals surface area contributed by atoms with E-state index in [0.717, 1.165) is 25.9 Å². The quantitative estimate of drug-likeness (QED) is 0.752. The summed E-state index contributed by atoms with van der Waals surface area (Å²) in [6, 6.07) is 6.76. The van der Waals surface area contributed by atoms with Gasteiger partial charge in [0.1, 0.15) is 0 Å². The number of urea groups is 1. The first kappa shape index (κ1) is 17.1. The lowest BCUT2D eigenvalue weighted by Crippen LogP contribution is -2.39. The maximum atomic E-state index is 11.7. The van der Waals surface area contributed by atoms with E-state index in [1.165, 1.54) is 6.42 Å². The number of carbonyl (C=O) groups is 1. The van der Waals surface area contributed by atoms with E-state index in [2.05, 4.69) is 10.6 Å². The van der Waals surface area contributed by atoms with Gasteiger partial charge in [0.2, 0.25) is 0 Å². The topological polar surface area (TPSA) is 70.6 Å². The Labute approximate surface area is 136 Å². The molecule has 0 aromatic heterocycles. The fraction of sp³-hybridized carbons (Fsp3) is 0.562. The highest BCUT2D eigenvalue weighted by Crippen LogP contribution is 2.21. The molecule has 3 N–H and O–H groups in total. The van der Waals surface area contributed by atoms with Crippen molar-refractivity contribution in [2.45, 2.75) is 37.9 Å². The predicted molar refractivity (Wildman–Crippen MR) is 86.0 cm³/mol. The summed E-state index contributed by atoms with van der Waals surface area (Å²) in [7, 11) is 0. The molecule has 6 heteroatoms. The molecule has 0 spiro atoms. The molecule has 22 heavy (non-hydrogen) atoms. The van der Waals surface area contributed by atoms with Gasteiger partial charge in [-0.05, 0) is 31.7 Å². The van der Waals surface area contributed by atoms with Gasteiger partial charge in [-0.15, -0.1) is 0 Å². The molecule has 2 atom stereocenters. The number of rotatable bonds is 6. The fourth-order valence-corrected chi connectivity index (χ4v) is 2.75. The zero-order chi connectivity index (χ0) is 15.8. The molecule has 0 aliphatic carbocycles. The van der Waals surface area contributed by atoms with Crippen LogP contribution in [0.2, 0.25) is 5.02 Å². The Bertz CT molecular complexity index is 478. The number of halogens is 1. The Hall–Kier alpha value is -1.30. The molecule has 2 rings (SSSR count). The molecular formula is C16H23ClN2O3. The molecular weight excluding hydrogens is 304 g/mol. The highest BCUT2D eigenvalue weighted by Gasteiger charge is 2.15. The van der Waals surface area contributed by atoms with E-state index in [1.807, 2.05) is 0 Å². The second-order valence-electron chi connectivity index (χ2n) is 5.45. The average Bonchev–Trinajstić information content (AvgIpc) is 2.54. The van der Waals surface area contributed by atoms with E-state index in [0.29, 0.717) is 17.1 Å². The molecule has 1 aliphatic rings. The Morgan fingerprint density at radius 3 is 2.91 bits per heavy atom. The number of nitrogens with one attached hydrogen (secondary N) is 2. The predicted octanol–water partition coefficient (Wildman–Crippen LogP) is 2.63. The number of hydrogen-bond donors (Lipinski definition) is 3. The van der Waals surface area contributed by atoms with Gasteiger partial charge in [-0.2, -0.15) is 0 Å². The SMILES string of the molecule is O=C(NCCC1CCCCO1)NCC(O)c1ccccc1Cl. The molecule has 1 fully saturated rings. The summed E-state index contributed by atoms with van der Waals surface area (Å²) in [5.41, 5.74) is 0.611. The smallest absolute Gasteiger partial charge is 0.314 e. The van der Waals surface area contributed by atoms with Gasteiger partial charge < -0.3 is 20.5 Å². The summed E-state index contributed by atoms with van der Waals surface area (Å²) in [5, 5.41) is 15.9. The van der Waals surface area contributed by atoms with Crippen LogP contribution in [0.4, 0.5) is 4.79 Å². The van der Waals surface area contributed by atoms with Gasteiger partial charge >= 0.3 is 6.03 Å². The van der Waals surface area contributed by atoms with E-state index >= 15 is 0 Å². The largest absolute Gasteiger partial charge is 0.387 e. The van der Waals surface area contributed by atoms with Crippen molar-refractivity contribution in [1.29, 1.82) is 0 Å². The Morgan fingerprint density at radius 1 is 1.36 bits per heavy atom. The molecule has 0 saturated carbocycles. The monoisotopic (exact) mass is 326 g/mol. The van der Waals surface area contributed by atoms with Crippen LogP contribution in [-0.4, -0.2) is 36.9 Å². The number of carbonyl (C=O) groups excluding carboxylic acids is 1. The molecule has 0 radical (unpaired) electrons. The Kier molecular flexibility index (Phi) is 6.96. The number of ether oxygens (including phenoxy) is 1. The second-order valence-corrected chi connectivity index (χ2v) is 5.86. The number of amides is 2. The first-order valence-corrected chi connectivity index (χ1v) is 8.10.